The van der Waals surface area contributed by atoms with Gasteiger partial charge in [-0.15, -0.1) is 0 Å². The molecule has 0 saturated carbocycles. The second-order valence-corrected chi connectivity index (χ2v) is 6.08. The molecule has 0 atom stereocenters. The minimum atomic E-state index is -0.508. The standard InChI is InChI=1S/C17H16BrFO/c1-11(2)9-12-5-3-6-13(10-12)17(20)14-7-4-8-15(18)16(14)19/h3-8,10-11H,9H2,1-2H3. The molecule has 0 aliphatic rings. The summed E-state index contributed by atoms with van der Waals surface area (Å²) in [7, 11) is 0. The first kappa shape index (κ1) is 14.9. The summed E-state index contributed by atoms with van der Waals surface area (Å²) in [5.74, 6) is -0.274. The Kier molecular flexibility index (Phi) is 4.71. The fourth-order valence-corrected chi connectivity index (χ4v) is 2.51. The highest BCUT2D eigenvalue weighted by Crippen LogP contribution is 2.22. The SMILES string of the molecule is CC(C)Cc1cccc(C(=O)c2cccc(Br)c2F)c1. The molecule has 0 aromatic heterocycles. The Labute approximate surface area is 127 Å². The van der Waals surface area contributed by atoms with Crippen LogP contribution in [0.25, 0.3) is 0 Å². The fraction of sp³-hybridized carbons (Fsp3) is 0.235. The Morgan fingerprint density at radius 3 is 2.60 bits per heavy atom. The second-order valence-electron chi connectivity index (χ2n) is 5.23. The number of hydrogen-bond acceptors (Lipinski definition) is 1. The number of rotatable bonds is 4. The molecule has 0 amide bonds. The largest absolute Gasteiger partial charge is 0.288 e. The number of halogens is 2. The zero-order valence-electron chi connectivity index (χ0n) is 11.5. The average molecular weight is 335 g/mol. The van der Waals surface area contributed by atoms with Gasteiger partial charge in [-0.1, -0.05) is 38.1 Å². The van der Waals surface area contributed by atoms with Gasteiger partial charge in [-0.25, -0.2) is 4.39 Å². The van der Waals surface area contributed by atoms with Gasteiger partial charge in [0, 0.05) is 5.56 Å². The molecule has 104 valence electrons. The Morgan fingerprint density at radius 2 is 1.90 bits per heavy atom. The highest BCUT2D eigenvalue weighted by molar-refractivity contribution is 9.10. The third-order valence-corrected chi connectivity index (χ3v) is 3.64. The zero-order valence-corrected chi connectivity index (χ0v) is 13.1. The van der Waals surface area contributed by atoms with Gasteiger partial charge in [0.05, 0.1) is 10.0 Å². The Morgan fingerprint density at radius 1 is 1.20 bits per heavy atom. The highest BCUT2D eigenvalue weighted by Gasteiger charge is 2.16. The van der Waals surface area contributed by atoms with Crippen LogP contribution >= 0.6 is 15.9 Å². The molecule has 0 fully saturated rings. The molecule has 2 rings (SSSR count). The van der Waals surface area contributed by atoms with E-state index in [1.54, 1.807) is 18.2 Å². The van der Waals surface area contributed by atoms with Gasteiger partial charge >= 0.3 is 0 Å². The van der Waals surface area contributed by atoms with E-state index in [-0.39, 0.29) is 11.3 Å². The molecule has 0 saturated heterocycles. The van der Waals surface area contributed by atoms with Gasteiger partial charge in [-0.2, -0.15) is 0 Å². The third kappa shape index (κ3) is 3.34. The van der Waals surface area contributed by atoms with E-state index in [0.29, 0.717) is 16.0 Å². The monoisotopic (exact) mass is 334 g/mol. The van der Waals surface area contributed by atoms with Gasteiger partial charge in [-0.05, 0) is 52.0 Å². The topological polar surface area (TPSA) is 17.1 Å². The molecule has 0 aliphatic heterocycles. The van der Waals surface area contributed by atoms with Crippen molar-refractivity contribution >= 4 is 21.7 Å². The van der Waals surface area contributed by atoms with Crippen LogP contribution in [0.15, 0.2) is 46.9 Å². The van der Waals surface area contributed by atoms with Crippen molar-refractivity contribution in [2.24, 2.45) is 5.92 Å². The van der Waals surface area contributed by atoms with E-state index in [1.807, 2.05) is 18.2 Å². The van der Waals surface area contributed by atoms with Crippen molar-refractivity contribution in [1.82, 2.24) is 0 Å². The fourth-order valence-electron chi connectivity index (χ4n) is 2.15. The smallest absolute Gasteiger partial charge is 0.196 e. The quantitative estimate of drug-likeness (QED) is 0.717. The molecule has 2 aromatic carbocycles. The molecule has 2 aromatic rings. The first-order valence-electron chi connectivity index (χ1n) is 6.56. The van der Waals surface area contributed by atoms with Crippen LogP contribution in [0, 0.1) is 11.7 Å². The van der Waals surface area contributed by atoms with E-state index in [1.165, 1.54) is 6.07 Å². The van der Waals surface area contributed by atoms with Crippen molar-refractivity contribution in [1.29, 1.82) is 0 Å². The minimum Gasteiger partial charge on any atom is -0.288 e. The number of carbonyl (C=O) groups is 1. The second kappa shape index (κ2) is 6.31. The van der Waals surface area contributed by atoms with Crippen LogP contribution in [-0.2, 0) is 6.42 Å². The summed E-state index contributed by atoms with van der Waals surface area (Å²) in [5, 5.41) is 0. The van der Waals surface area contributed by atoms with Crippen molar-refractivity contribution in [3.8, 4) is 0 Å². The Bertz CT molecular complexity index is 635. The van der Waals surface area contributed by atoms with E-state index in [4.69, 9.17) is 0 Å². The van der Waals surface area contributed by atoms with Crippen molar-refractivity contribution in [3.63, 3.8) is 0 Å². The minimum absolute atomic E-state index is 0.0982. The molecular weight excluding hydrogens is 319 g/mol. The van der Waals surface area contributed by atoms with Crippen molar-refractivity contribution in [2.75, 3.05) is 0 Å². The molecule has 0 N–H and O–H groups in total. The molecule has 0 aliphatic carbocycles. The summed E-state index contributed by atoms with van der Waals surface area (Å²) in [4.78, 5) is 12.4. The number of benzene rings is 2. The molecule has 0 unspecified atom stereocenters. The van der Waals surface area contributed by atoms with Crippen LogP contribution in [0.5, 0.6) is 0 Å². The van der Waals surface area contributed by atoms with E-state index in [0.717, 1.165) is 12.0 Å². The van der Waals surface area contributed by atoms with E-state index < -0.39 is 5.82 Å². The lowest BCUT2D eigenvalue weighted by atomic mass is 9.97. The predicted molar refractivity (Wildman–Crippen MR) is 82.5 cm³/mol. The zero-order chi connectivity index (χ0) is 14.7. The van der Waals surface area contributed by atoms with Gasteiger partial charge in [0.15, 0.2) is 5.78 Å². The van der Waals surface area contributed by atoms with Crippen molar-refractivity contribution in [2.45, 2.75) is 20.3 Å². The van der Waals surface area contributed by atoms with Crippen LogP contribution in [-0.4, -0.2) is 5.78 Å². The molecular formula is C17H16BrFO. The lowest BCUT2D eigenvalue weighted by Crippen LogP contribution is -2.06. The maximum absolute atomic E-state index is 14.0. The number of ketones is 1. The van der Waals surface area contributed by atoms with Crippen LogP contribution in [0.2, 0.25) is 0 Å². The summed E-state index contributed by atoms with van der Waals surface area (Å²) in [6.45, 7) is 4.25. The van der Waals surface area contributed by atoms with Crippen LogP contribution < -0.4 is 0 Å². The van der Waals surface area contributed by atoms with E-state index in [2.05, 4.69) is 29.8 Å². The first-order valence-corrected chi connectivity index (χ1v) is 7.36. The highest BCUT2D eigenvalue weighted by atomic mass is 79.9. The first-order chi connectivity index (χ1) is 9.49. The average Bonchev–Trinajstić information content (AvgIpc) is 2.41. The van der Waals surface area contributed by atoms with Gasteiger partial charge in [0.25, 0.3) is 0 Å². The molecule has 0 bridgehead atoms. The molecule has 3 heteroatoms. The normalized spacial score (nSPS) is 10.8. The van der Waals surface area contributed by atoms with Gasteiger partial charge in [0.1, 0.15) is 5.82 Å². The summed E-state index contributed by atoms with van der Waals surface area (Å²) < 4.78 is 14.3. The Hall–Kier alpha value is -1.48. The van der Waals surface area contributed by atoms with Crippen LogP contribution in [0.1, 0.15) is 35.3 Å². The maximum Gasteiger partial charge on any atom is 0.196 e. The van der Waals surface area contributed by atoms with Crippen LogP contribution in [0.4, 0.5) is 4.39 Å². The number of carbonyl (C=O) groups excluding carboxylic acids is 1. The van der Waals surface area contributed by atoms with Crippen molar-refractivity contribution in [3.05, 3.63) is 69.4 Å². The lowest BCUT2D eigenvalue weighted by Gasteiger charge is -2.08. The van der Waals surface area contributed by atoms with Gasteiger partial charge < -0.3 is 0 Å². The number of hydrogen-bond donors (Lipinski definition) is 0. The molecule has 0 radical (unpaired) electrons. The molecule has 1 nitrogen and oxygen atoms in total. The third-order valence-electron chi connectivity index (χ3n) is 3.03. The Balaban J connectivity index is 2.36. The maximum atomic E-state index is 14.0. The summed E-state index contributed by atoms with van der Waals surface area (Å²) in [5.41, 5.74) is 1.72. The van der Waals surface area contributed by atoms with Crippen LogP contribution in [0.3, 0.4) is 0 Å². The molecule has 0 spiro atoms. The van der Waals surface area contributed by atoms with Gasteiger partial charge in [-0.3, -0.25) is 4.79 Å². The van der Waals surface area contributed by atoms with E-state index >= 15 is 0 Å². The lowest BCUT2D eigenvalue weighted by molar-refractivity contribution is 0.103. The molecule has 20 heavy (non-hydrogen) atoms. The summed E-state index contributed by atoms with van der Waals surface area (Å²) >= 11 is 3.11. The predicted octanol–water partition coefficient (Wildman–Crippen LogP) is 5.02. The van der Waals surface area contributed by atoms with Gasteiger partial charge in [0.2, 0.25) is 0 Å². The van der Waals surface area contributed by atoms with E-state index in [9.17, 15) is 9.18 Å². The molecule has 0 heterocycles. The van der Waals surface area contributed by atoms with Crippen molar-refractivity contribution < 1.29 is 9.18 Å². The summed E-state index contributed by atoms with van der Waals surface area (Å²) in [6, 6.07) is 12.2. The summed E-state index contributed by atoms with van der Waals surface area (Å²) in [6.07, 6.45) is 0.905.